The minimum atomic E-state index is -0.469. The van der Waals surface area contributed by atoms with E-state index in [1.807, 2.05) is 19.9 Å². The Morgan fingerprint density at radius 1 is 1.19 bits per heavy atom. The summed E-state index contributed by atoms with van der Waals surface area (Å²) in [6, 6.07) is 6.74. The second kappa shape index (κ2) is 7.61. The standard InChI is InChI=1S/C19H23N3O4/c1-11-8-12(2)21-19(24)15(11)10-20-13(3)18(23)22-14-4-5-16-17(9-14)26-7-6-25-16/h4-5,8-9,13,20H,6-7,10H2,1-3H3,(H,21,24)(H,22,23). The predicted octanol–water partition coefficient (Wildman–Crippen LogP) is 1.88. The number of amides is 1. The van der Waals surface area contributed by atoms with E-state index < -0.39 is 6.04 Å². The van der Waals surface area contributed by atoms with Crippen molar-refractivity contribution in [3.63, 3.8) is 0 Å². The zero-order chi connectivity index (χ0) is 18.7. The first-order valence-corrected chi connectivity index (χ1v) is 8.57. The molecular formula is C19H23N3O4. The van der Waals surface area contributed by atoms with Crippen molar-refractivity contribution < 1.29 is 14.3 Å². The number of nitrogens with one attached hydrogen (secondary N) is 3. The molecule has 3 N–H and O–H groups in total. The van der Waals surface area contributed by atoms with E-state index in [0.29, 0.717) is 42.5 Å². The topological polar surface area (TPSA) is 92.4 Å². The van der Waals surface area contributed by atoms with Crippen LogP contribution >= 0.6 is 0 Å². The summed E-state index contributed by atoms with van der Waals surface area (Å²) in [6.07, 6.45) is 0. The van der Waals surface area contributed by atoms with Gasteiger partial charge < -0.3 is 25.1 Å². The molecule has 1 aliphatic heterocycles. The molecule has 0 saturated heterocycles. The van der Waals surface area contributed by atoms with Crippen LogP contribution in [0.2, 0.25) is 0 Å². The molecule has 1 aliphatic rings. The van der Waals surface area contributed by atoms with Crippen molar-refractivity contribution in [3.8, 4) is 11.5 Å². The van der Waals surface area contributed by atoms with Crippen LogP contribution in [0.5, 0.6) is 11.5 Å². The predicted molar refractivity (Wildman–Crippen MR) is 98.9 cm³/mol. The molecule has 1 amide bonds. The lowest BCUT2D eigenvalue weighted by atomic mass is 10.1. The van der Waals surface area contributed by atoms with Crippen LogP contribution in [0.4, 0.5) is 5.69 Å². The van der Waals surface area contributed by atoms with Crippen LogP contribution in [0.15, 0.2) is 29.1 Å². The maximum atomic E-state index is 12.4. The summed E-state index contributed by atoms with van der Waals surface area (Å²) < 4.78 is 11.0. The Balaban J connectivity index is 1.61. The maximum absolute atomic E-state index is 12.4. The van der Waals surface area contributed by atoms with Gasteiger partial charge in [-0.05, 0) is 44.5 Å². The number of carbonyl (C=O) groups is 1. The Hall–Kier alpha value is -2.80. The number of benzene rings is 1. The van der Waals surface area contributed by atoms with Crippen LogP contribution in [0.1, 0.15) is 23.7 Å². The van der Waals surface area contributed by atoms with Gasteiger partial charge in [0.1, 0.15) is 13.2 Å². The van der Waals surface area contributed by atoms with Crippen molar-refractivity contribution in [1.29, 1.82) is 0 Å². The lowest BCUT2D eigenvalue weighted by molar-refractivity contribution is -0.117. The average Bonchev–Trinajstić information content (AvgIpc) is 2.60. The number of pyridine rings is 1. The Bertz CT molecular complexity index is 876. The fourth-order valence-electron chi connectivity index (χ4n) is 2.82. The summed E-state index contributed by atoms with van der Waals surface area (Å²) in [4.78, 5) is 27.2. The highest BCUT2D eigenvalue weighted by Crippen LogP contribution is 2.32. The van der Waals surface area contributed by atoms with E-state index in [2.05, 4.69) is 15.6 Å². The largest absolute Gasteiger partial charge is 0.486 e. The van der Waals surface area contributed by atoms with Gasteiger partial charge in [0.15, 0.2) is 11.5 Å². The van der Waals surface area contributed by atoms with Gasteiger partial charge >= 0.3 is 0 Å². The number of aromatic nitrogens is 1. The van der Waals surface area contributed by atoms with Gasteiger partial charge in [-0.15, -0.1) is 0 Å². The molecule has 1 aromatic heterocycles. The molecule has 7 heteroatoms. The molecule has 1 unspecified atom stereocenters. The first-order chi connectivity index (χ1) is 12.4. The number of rotatable bonds is 5. The van der Waals surface area contributed by atoms with E-state index in [0.717, 1.165) is 11.3 Å². The zero-order valence-corrected chi connectivity index (χ0v) is 15.1. The first-order valence-electron chi connectivity index (χ1n) is 8.57. The van der Waals surface area contributed by atoms with Crippen LogP contribution in [0.25, 0.3) is 0 Å². The highest BCUT2D eigenvalue weighted by Gasteiger charge is 2.16. The van der Waals surface area contributed by atoms with Gasteiger partial charge in [0.2, 0.25) is 5.91 Å². The van der Waals surface area contributed by atoms with E-state index >= 15 is 0 Å². The number of hydrogen-bond donors (Lipinski definition) is 3. The molecule has 2 heterocycles. The Morgan fingerprint density at radius 2 is 1.92 bits per heavy atom. The van der Waals surface area contributed by atoms with Crippen LogP contribution in [-0.4, -0.2) is 30.1 Å². The smallest absolute Gasteiger partial charge is 0.252 e. The lowest BCUT2D eigenvalue weighted by Gasteiger charge is -2.20. The highest BCUT2D eigenvalue weighted by molar-refractivity contribution is 5.94. The van der Waals surface area contributed by atoms with Crippen molar-refractivity contribution in [1.82, 2.24) is 10.3 Å². The molecule has 0 fully saturated rings. The molecular weight excluding hydrogens is 334 g/mol. The number of anilines is 1. The monoisotopic (exact) mass is 357 g/mol. The molecule has 0 saturated carbocycles. The minimum absolute atomic E-state index is 0.130. The number of H-pyrrole nitrogens is 1. The number of aryl methyl sites for hydroxylation is 2. The number of carbonyl (C=O) groups excluding carboxylic acids is 1. The number of aromatic amines is 1. The van der Waals surface area contributed by atoms with E-state index in [-0.39, 0.29) is 11.5 Å². The Morgan fingerprint density at radius 3 is 2.65 bits per heavy atom. The van der Waals surface area contributed by atoms with Gasteiger partial charge in [0, 0.05) is 29.6 Å². The van der Waals surface area contributed by atoms with Gasteiger partial charge in [0.25, 0.3) is 5.56 Å². The fraction of sp³-hybridized carbons (Fsp3) is 0.368. The summed E-state index contributed by atoms with van der Waals surface area (Å²) in [5.74, 6) is 1.11. The SMILES string of the molecule is Cc1cc(C)c(CNC(C)C(=O)Nc2ccc3c(c2)OCCO3)c(=O)[nH]1. The molecule has 26 heavy (non-hydrogen) atoms. The van der Waals surface area contributed by atoms with E-state index in [9.17, 15) is 9.59 Å². The summed E-state index contributed by atoms with van der Waals surface area (Å²) in [6.45, 7) is 6.82. The van der Waals surface area contributed by atoms with Gasteiger partial charge in [-0.1, -0.05) is 0 Å². The zero-order valence-electron chi connectivity index (χ0n) is 15.1. The number of ether oxygens (including phenoxy) is 2. The summed E-state index contributed by atoms with van der Waals surface area (Å²) in [5, 5.41) is 5.94. The molecule has 1 aromatic carbocycles. The molecule has 1 atom stereocenters. The average molecular weight is 357 g/mol. The van der Waals surface area contributed by atoms with Crippen molar-refractivity contribution in [2.24, 2.45) is 0 Å². The van der Waals surface area contributed by atoms with Gasteiger partial charge in [-0.2, -0.15) is 0 Å². The number of fused-ring (bicyclic) bond motifs is 1. The lowest BCUT2D eigenvalue weighted by Crippen LogP contribution is -2.39. The number of hydrogen-bond acceptors (Lipinski definition) is 5. The Labute approximate surface area is 151 Å². The minimum Gasteiger partial charge on any atom is -0.486 e. The van der Waals surface area contributed by atoms with Gasteiger partial charge in [-0.3, -0.25) is 9.59 Å². The second-order valence-corrected chi connectivity index (χ2v) is 6.39. The van der Waals surface area contributed by atoms with Crippen molar-refractivity contribution >= 4 is 11.6 Å². The first kappa shape index (κ1) is 18.0. The van der Waals surface area contributed by atoms with Crippen molar-refractivity contribution in [2.75, 3.05) is 18.5 Å². The third-order valence-corrected chi connectivity index (χ3v) is 4.28. The fourth-order valence-corrected chi connectivity index (χ4v) is 2.82. The highest BCUT2D eigenvalue weighted by atomic mass is 16.6. The second-order valence-electron chi connectivity index (χ2n) is 6.39. The van der Waals surface area contributed by atoms with E-state index in [1.54, 1.807) is 25.1 Å². The molecule has 2 aromatic rings. The molecule has 0 bridgehead atoms. The third kappa shape index (κ3) is 4.05. The molecule has 7 nitrogen and oxygen atoms in total. The quantitative estimate of drug-likeness (QED) is 0.760. The molecule has 0 radical (unpaired) electrons. The summed E-state index contributed by atoms with van der Waals surface area (Å²) >= 11 is 0. The normalized spacial score (nSPS) is 14.0. The summed E-state index contributed by atoms with van der Waals surface area (Å²) in [7, 11) is 0. The van der Waals surface area contributed by atoms with Gasteiger partial charge in [0.05, 0.1) is 6.04 Å². The van der Waals surface area contributed by atoms with Gasteiger partial charge in [-0.25, -0.2) is 0 Å². The van der Waals surface area contributed by atoms with Crippen molar-refractivity contribution in [2.45, 2.75) is 33.4 Å². The molecule has 138 valence electrons. The Kier molecular flexibility index (Phi) is 5.27. The summed E-state index contributed by atoms with van der Waals surface area (Å²) in [5.41, 5.74) is 2.86. The van der Waals surface area contributed by atoms with Crippen LogP contribution in [-0.2, 0) is 11.3 Å². The van der Waals surface area contributed by atoms with Crippen LogP contribution < -0.4 is 25.7 Å². The maximum Gasteiger partial charge on any atom is 0.252 e. The molecule has 0 aliphatic carbocycles. The van der Waals surface area contributed by atoms with Crippen LogP contribution in [0, 0.1) is 13.8 Å². The van der Waals surface area contributed by atoms with E-state index in [1.165, 1.54) is 0 Å². The third-order valence-electron chi connectivity index (χ3n) is 4.28. The van der Waals surface area contributed by atoms with Crippen LogP contribution in [0.3, 0.4) is 0 Å². The molecule has 3 rings (SSSR count). The molecule has 0 spiro atoms. The van der Waals surface area contributed by atoms with Crippen molar-refractivity contribution in [3.05, 3.63) is 51.4 Å². The van der Waals surface area contributed by atoms with E-state index in [4.69, 9.17) is 9.47 Å².